The third-order valence-electron chi connectivity index (χ3n) is 3.43. The Labute approximate surface area is 157 Å². The van der Waals surface area contributed by atoms with E-state index in [4.69, 9.17) is 4.74 Å². The highest BCUT2D eigenvalue weighted by Crippen LogP contribution is 2.28. The monoisotopic (exact) mass is 388 g/mol. The van der Waals surface area contributed by atoms with Crippen LogP contribution in [0, 0.1) is 15.9 Å². The molecule has 0 unspecified atom stereocenters. The number of benzene rings is 2. The molecule has 0 aromatic heterocycles. The Bertz CT molecular complexity index is 931. The first kappa shape index (κ1) is 18.5. The van der Waals surface area contributed by atoms with Crippen LogP contribution in [-0.2, 0) is 11.4 Å². The number of amides is 1. The van der Waals surface area contributed by atoms with E-state index >= 15 is 0 Å². The van der Waals surface area contributed by atoms with Gasteiger partial charge in [0.2, 0.25) is 5.91 Å². The summed E-state index contributed by atoms with van der Waals surface area (Å²) in [6.45, 7) is 0.0686. The van der Waals surface area contributed by atoms with Gasteiger partial charge in [-0.2, -0.15) is 5.10 Å². The number of hydrogen-bond donors (Lipinski definition) is 1. The standard InChI is InChI=1S/C17H13FN4O4S/c18-13-4-1-11(2-5-13)9-26-15-6-3-12(7-14(15)22(24)25)8-19-21-17-20-16(23)10-27-17/h1-8H,9-10H2,(H,20,21,23). The van der Waals surface area contributed by atoms with Crippen molar-refractivity contribution in [2.45, 2.75) is 6.61 Å². The van der Waals surface area contributed by atoms with Gasteiger partial charge in [-0.15, -0.1) is 5.10 Å². The number of nitro benzene ring substituents is 1. The molecule has 1 heterocycles. The number of nitrogens with zero attached hydrogens (tertiary/aromatic N) is 3. The summed E-state index contributed by atoms with van der Waals surface area (Å²) in [7, 11) is 0. The van der Waals surface area contributed by atoms with Crippen molar-refractivity contribution in [1.82, 2.24) is 5.32 Å². The van der Waals surface area contributed by atoms with Crippen molar-refractivity contribution in [3.63, 3.8) is 0 Å². The number of thioether (sulfide) groups is 1. The number of nitrogens with one attached hydrogen (secondary N) is 1. The van der Waals surface area contributed by atoms with Crippen LogP contribution in [0.5, 0.6) is 5.75 Å². The van der Waals surface area contributed by atoms with Crippen molar-refractivity contribution in [1.29, 1.82) is 0 Å². The molecule has 0 atom stereocenters. The minimum atomic E-state index is -0.559. The summed E-state index contributed by atoms with van der Waals surface area (Å²) in [6, 6.07) is 10.0. The molecule has 2 aromatic carbocycles. The highest BCUT2D eigenvalue weighted by atomic mass is 32.2. The number of rotatable bonds is 6. The number of amidine groups is 1. The molecule has 0 spiro atoms. The SMILES string of the molecule is O=C1CSC(=NN=Cc2ccc(OCc3ccc(F)cc3)c([N+](=O)[O-])c2)N1. The first-order valence-corrected chi connectivity index (χ1v) is 8.69. The lowest BCUT2D eigenvalue weighted by atomic mass is 10.2. The Balaban J connectivity index is 1.71. The zero-order valence-electron chi connectivity index (χ0n) is 13.8. The average Bonchev–Trinajstić information content (AvgIpc) is 3.07. The minimum Gasteiger partial charge on any atom is -0.482 e. The van der Waals surface area contributed by atoms with E-state index in [1.165, 1.54) is 42.2 Å². The van der Waals surface area contributed by atoms with E-state index in [9.17, 15) is 19.3 Å². The van der Waals surface area contributed by atoms with Crippen LogP contribution in [0.2, 0.25) is 0 Å². The fourth-order valence-electron chi connectivity index (χ4n) is 2.15. The predicted molar refractivity (Wildman–Crippen MR) is 99.5 cm³/mol. The van der Waals surface area contributed by atoms with E-state index in [0.29, 0.717) is 22.0 Å². The van der Waals surface area contributed by atoms with Crippen molar-refractivity contribution in [2.75, 3.05) is 5.75 Å². The zero-order valence-corrected chi connectivity index (χ0v) is 14.6. The maximum absolute atomic E-state index is 12.9. The Morgan fingerprint density at radius 3 is 2.74 bits per heavy atom. The van der Waals surface area contributed by atoms with Gasteiger partial charge in [0.25, 0.3) is 0 Å². The van der Waals surface area contributed by atoms with Gasteiger partial charge in [-0.25, -0.2) is 4.39 Å². The maximum Gasteiger partial charge on any atom is 0.311 e. The van der Waals surface area contributed by atoms with Crippen LogP contribution in [0.15, 0.2) is 52.7 Å². The van der Waals surface area contributed by atoms with Crippen molar-refractivity contribution >= 4 is 34.7 Å². The van der Waals surface area contributed by atoms with Crippen molar-refractivity contribution in [2.24, 2.45) is 10.2 Å². The zero-order chi connectivity index (χ0) is 19.2. The number of hydrogen-bond acceptors (Lipinski definition) is 7. The van der Waals surface area contributed by atoms with Gasteiger partial charge in [-0.3, -0.25) is 14.9 Å². The van der Waals surface area contributed by atoms with E-state index in [1.807, 2.05) is 0 Å². The first-order valence-electron chi connectivity index (χ1n) is 7.70. The highest BCUT2D eigenvalue weighted by molar-refractivity contribution is 8.15. The number of carbonyl (C=O) groups is 1. The molecular weight excluding hydrogens is 375 g/mol. The maximum atomic E-state index is 12.9. The van der Waals surface area contributed by atoms with Crippen molar-refractivity contribution in [3.05, 3.63) is 69.5 Å². The number of halogens is 1. The number of nitro groups is 1. The molecule has 1 fully saturated rings. The average molecular weight is 388 g/mol. The van der Waals surface area contributed by atoms with Gasteiger partial charge in [-0.1, -0.05) is 23.9 Å². The lowest BCUT2D eigenvalue weighted by molar-refractivity contribution is -0.385. The molecule has 0 bridgehead atoms. The molecule has 0 radical (unpaired) electrons. The minimum absolute atomic E-state index is 0.0686. The van der Waals surface area contributed by atoms with E-state index in [2.05, 4.69) is 15.5 Å². The van der Waals surface area contributed by atoms with Crippen LogP contribution >= 0.6 is 11.8 Å². The topological polar surface area (TPSA) is 106 Å². The Hall–Kier alpha value is -3.27. The second-order valence-electron chi connectivity index (χ2n) is 5.39. The summed E-state index contributed by atoms with van der Waals surface area (Å²) in [5.74, 6) is -0.133. The normalized spacial score (nSPS) is 15.3. The second kappa shape index (κ2) is 8.41. The Kier molecular flexibility index (Phi) is 5.77. The van der Waals surface area contributed by atoms with Gasteiger partial charge in [-0.05, 0) is 29.8 Å². The Morgan fingerprint density at radius 1 is 1.30 bits per heavy atom. The molecule has 1 aliphatic rings. The van der Waals surface area contributed by atoms with Gasteiger partial charge in [0.15, 0.2) is 10.9 Å². The molecule has 3 rings (SSSR count). The van der Waals surface area contributed by atoms with E-state index in [0.717, 1.165) is 0 Å². The molecule has 138 valence electrons. The van der Waals surface area contributed by atoms with Crippen LogP contribution in [-0.4, -0.2) is 28.0 Å². The van der Waals surface area contributed by atoms with Gasteiger partial charge in [0.1, 0.15) is 12.4 Å². The van der Waals surface area contributed by atoms with Crippen molar-refractivity contribution in [3.8, 4) is 5.75 Å². The quantitative estimate of drug-likeness (QED) is 0.465. The smallest absolute Gasteiger partial charge is 0.311 e. The van der Waals surface area contributed by atoms with Gasteiger partial charge >= 0.3 is 5.69 Å². The predicted octanol–water partition coefficient (Wildman–Crippen LogP) is 2.87. The molecule has 10 heteroatoms. The fraction of sp³-hybridized carbons (Fsp3) is 0.118. The van der Waals surface area contributed by atoms with Gasteiger partial charge in [0, 0.05) is 11.6 Å². The highest BCUT2D eigenvalue weighted by Gasteiger charge is 2.17. The second-order valence-corrected chi connectivity index (χ2v) is 6.35. The lowest BCUT2D eigenvalue weighted by Crippen LogP contribution is -2.19. The number of carbonyl (C=O) groups excluding carboxylic acids is 1. The van der Waals surface area contributed by atoms with Crippen LogP contribution < -0.4 is 10.1 Å². The molecule has 8 nitrogen and oxygen atoms in total. The van der Waals surface area contributed by atoms with Crippen LogP contribution in [0.3, 0.4) is 0 Å². The third kappa shape index (κ3) is 5.11. The van der Waals surface area contributed by atoms with Crippen LogP contribution in [0.1, 0.15) is 11.1 Å². The van der Waals surface area contributed by atoms with Crippen LogP contribution in [0.4, 0.5) is 10.1 Å². The van der Waals surface area contributed by atoms with E-state index in [1.54, 1.807) is 18.2 Å². The molecule has 2 aromatic rings. The fourth-order valence-corrected chi connectivity index (χ4v) is 2.78. The summed E-state index contributed by atoms with van der Waals surface area (Å²) >= 11 is 1.23. The molecule has 1 amide bonds. The number of ether oxygens (including phenoxy) is 1. The summed E-state index contributed by atoms with van der Waals surface area (Å²) in [5.41, 5.74) is 0.912. The summed E-state index contributed by atoms with van der Waals surface area (Å²) in [6.07, 6.45) is 1.34. The molecular formula is C17H13FN4O4S. The summed E-state index contributed by atoms with van der Waals surface area (Å²) in [4.78, 5) is 21.8. The van der Waals surface area contributed by atoms with E-state index in [-0.39, 0.29) is 29.8 Å². The molecule has 0 aliphatic carbocycles. The third-order valence-corrected chi connectivity index (χ3v) is 4.29. The molecule has 0 saturated carbocycles. The molecule has 1 saturated heterocycles. The van der Waals surface area contributed by atoms with E-state index < -0.39 is 4.92 Å². The largest absolute Gasteiger partial charge is 0.482 e. The molecule has 1 aliphatic heterocycles. The summed E-state index contributed by atoms with van der Waals surface area (Å²) in [5, 5.41) is 21.9. The lowest BCUT2D eigenvalue weighted by Gasteiger charge is -2.07. The molecule has 1 N–H and O–H groups in total. The first-order chi connectivity index (χ1) is 13.0. The summed E-state index contributed by atoms with van der Waals surface area (Å²) < 4.78 is 18.4. The van der Waals surface area contributed by atoms with Gasteiger partial charge < -0.3 is 10.1 Å². The van der Waals surface area contributed by atoms with Crippen LogP contribution in [0.25, 0.3) is 0 Å². The van der Waals surface area contributed by atoms with Crippen molar-refractivity contribution < 1.29 is 18.8 Å². The Morgan fingerprint density at radius 2 is 2.07 bits per heavy atom. The van der Waals surface area contributed by atoms with Gasteiger partial charge in [0.05, 0.1) is 16.9 Å². The molecule has 27 heavy (non-hydrogen) atoms.